The van der Waals surface area contributed by atoms with E-state index in [0.29, 0.717) is 12.0 Å². The summed E-state index contributed by atoms with van der Waals surface area (Å²) in [5.41, 5.74) is 0.0339. The molecule has 0 radical (unpaired) electrons. The average Bonchev–Trinajstić information content (AvgIpc) is 2.95. The summed E-state index contributed by atoms with van der Waals surface area (Å²) in [4.78, 5) is 4.09. The van der Waals surface area contributed by atoms with Gasteiger partial charge in [-0.15, -0.1) is 0 Å². The van der Waals surface area contributed by atoms with Crippen LogP contribution in [0.3, 0.4) is 0 Å². The molecular formula is C18H17F3N2O2. The number of fused-ring (bicyclic) bond motifs is 1. The maximum Gasteiger partial charge on any atom is 0.418 e. The fourth-order valence-corrected chi connectivity index (χ4v) is 3.09. The number of pyridine rings is 1. The van der Waals surface area contributed by atoms with Gasteiger partial charge in [0.2, 0.25) is 0 Å². The van der Waals surface area contributed by atoms with Gasteiger partial charge >= 0.3 is 6.18 Å². The number of aromatic nitrogens is 2. The van der Waals surface area contributed by atoms with Crippen LogP contribution in [0.15, 0.2) is 30.7 Å². The molecule has 25 heavy (non-hydrogen) atoms. The zero-order valence-electron chi connectivity index (χ0n) is 13.7. The van der Waals surface area contributed by atoms with Crippen LogP contribution in [0.2, 0.25) is 0 Å². The Bertz CT molecular complexity index is 922. The Labute approximate surface area is 142 Å². The molecule has 2 heterocycles. The molecule has 0 spiro atoms. The normalized spacial score (nSPS) is 12.0. The molecule has 2 aromatic heterocycles. The van der Waals surface area contributed by atoms with Gasteiger partial charge in [-0.3, -0.25) is 0 Å². The number of benzene rings is 1. The van der Waals surface area contributed by atoms with E-state index in [1.54, 1.807) is 0 Å². The predicted octanol–water partition coefficient (Wildman–Crippen LogP) is 4.69. The van der Waals surface area contributed by atoms with Crippen molar-refractivity contribution in [3.8, 4) is 22.6 Å². The molecule has 0 bridgehead atoms. The highest BCUT2D eigenvalue weighted by Gasteiger charge is 2.35. The van der Waals surface area contributed by atoms with E-state index in [1.165, 1.54) is 35.9 Å². The Morgan fingerprint density at radius 3 is 2.32 bits per heavy atom. The van der Waals surface area contributed by atoms with Gasteiger partial charge in [0.25, 0.3) is 0 Å². The lowest BCUT2D eigenvalue weighted by molar-refractivity contribution is -0.138. The molecular weight excluding hydrogens is 333 g/mol. The third-order valence-corrected chi connectivity index (χ3v) is 4.19. The molecule has 4 nitrogen and oxygen atoms in total. The maximum atomic E-state index is 13.4. The smallest absolute Gasteiger partial charge is 0.418 e. The summed E-state index contributed by atoms with van der Waals surface area (Å²) in [6.45, 7) is 3.26. The molecule has 0 amide bonds. The summed E-state index contributed by atoms with van der Waals surface area (Å²) in [5, 5.41) is 20.8. The first-order valence-corrected chi connectivity index (χ1v) is 7.82. The number of imidazole rings is 1. The molecule has 0 aliphatic rings. The second kappa shape index (κ2) is 5.98. The molecule has 3 aromatic rings. The van der Waals surface area contributed by atoms with Crippen molar-refractivity contribution in [1.29, 1.82) is 0 Å². The second-order valence-electron chi connectivity index (χ2n) is 5.96. The van der Waals surface area contributed by atoms with Gasteiger partial charge in [-0.1, -0.05) is 13.3 Å². The van der Waals surface area contributed by atoms with Crippen LogP contribution in [0.5, 0.6) is 11.5 Å². The van der Waals surface area contributed by atoms with E-state index in [-0.39, 0.29) is 33.8 Å². The van der Waals surface area contributed by atoms with Crippen LogP contribution in [0.25, 0.3) is 16.8 Å². The Kier molecular flexibility index (Phi) is 4.10. The number of hydrogen-bond acceptors (Lipinski definition) is 3. The van der Waals surface area contributed by atoms with Crippen LogP contribution < -0.4 is 0 Å². The van der Waals surface area contributed by atoms with Crippen molar-refractivity contribution in [1.82, 2.24) is 9.38 Å². The molecule has 7 heteroatoms. The molecule has 0 fully saturated rings. The summed E-state index contributed by atoms with van der Waals surface area (Å²) < 4.78 is 41.4. The van der Waals surface area contributed by atoms with E-state index in [2.05, 4.69) is 4.98 Å². The van der Waals surface area contributed by atoms with E-state index >= 15 is 0 Å². The van der Waals surface area contributed by atoms with E-state index in [9.17, 15) is 23.4 Å². The molecule has 3 rings (SSSR count). The van der Waals surface area contributed by atoms with Crippen LogP contribution in [0.4, 0.5) is 13.2 Å². The standard InChI is InChI=1S/C18H17F3N2O2/c1-3-4-11-7-13(24)16(14(25)8-11)15-10(2)12(18(19,20)21)9-23-6-5-22-17(15)23/h5-9,24-25H,3-4H2,1-2H3. The molecule has 2 N–H and O–H groups in total. The van der Waals surface area contributed by atoms with Gasteiger partial charge in [0.1, 0.15) is 17.1 Å². The van der Waals surface area contributed by atoms with Crippen LogP contribution in [0, 0.1) is 6.92 Å². The van der Waals surface area contributed by atoms with Gasteiger partial charge in [0, 0.05) is 24.2 Å². The molecule has 0 aliphatic carbocycles. The van der Waals surface area contributed by atoms with E-state index in [4.69, 9.17) is 0 Å². The lowest BCUT2D eigenvalue weighted by Crippen LogP contribution is -2.10. The monoisotopic (exact) mass is 350 g/mol. The largest absolute Gasteiger partial charge is 0.507 e. The molecule has 0 aliphatic heterocycles. The first-order valence-electron chi connectivity index (χ1n) is 7.82. The van der Waals surface area contributed by atoms with Crippen LogP contribution in [-0.4, -0.2) is 19.6 Å². The quantitative estimate of drug-likeness (QED) is 0.720. The Morgan fingerprint density at radius 1 is 1.12 bits per heavy atom. The van der Waals surface area contributed by atoms with E-state index < -0.39 is 11.7 Å². The topological polar surface area (TPSA) is 57.8 Å². The molecule has 0 atom stereocenters. The zero-order chi connectivity index (χ0) is 18.4. The van der Waals surface area contributed by atoms with Crippen LogP contribution >= 0.6 is 0 Å². The number of phenols is 2. The third kappa shape index (κ3) is 2.90. The summed E-state index contributed by atoms with van der Waals surface area (Å²) in [6, 6.07) is 2.94. The van der Waals surface area contributed by atoms with Gasteiger partial charge in [-0.2, -0.15) is 13.2 Å². The minimum Gasteiger partial charge on any atom is -0.507 e. The molecule has 1 aromatic carbocycles. The van der Waals surface area contributed by atoms with Crippen molar-refractivity contribution < 1.29 is 23.4 Å². The van der Waals surface area contributed by atoms with Crippen molar-refractivity contribution in [2.75, 3.05) is 0 Å². The lowest BCUT2D eigenvalue weighted by atomic mass is 9.94. The highest BCUT2D eigenvalue weighted by molar-refractivity contribution is 5.88. The number of alkyl halides is 3. The Balaban J connectivity index is 2.36. The van der Waals surface area contributed by atoms with E-state index in [0.717, 1.165) is 12.6 Å². The number of halogens is 3. The number of rotatable bonds is 3. The Hall–Kier alpha value is -2.70. The second-order valence-corrected chi connectivity index (χ2v) is 5.96. The number of aromatic hydroxyl groups is 2. The SMILES string of the molecule is CCCc1cc(O)c(-c2c(C)c(C(F)(F)F)cn3ccnc23)c(O)c1. The van der Waals surface area contributed by atoms with Gasteiger partial charge in [0.05, 0.1) is 11.1 Å². The number of hydrogen-bond donors (Lipinski definition) is 2. The number of nitrogens with zero attached hydrogens (tertiary/aromatic N) is 2. The zero-order valence-corrected chi connectivity index (χ0v) is 13.7. The molecule has 0 saturated carbocycles. The van der Waals surface area contributed by atoms with Crippen molar-refractivity contribution in [2.24, 2.45) is 0 Å². The van der Waals surface area contributed by atoms with Gasteiger partial charge in [-0.05, 0) is 36.6 Å². The maximum absolute atomic E-state index is 13.4. The number of aryl methyl sites for hydroxylation is 1. The minimum atomic E-state index is -4.56. The highest BCUT2D eigenvalue weighted by Crippen LogP contribution is 2.45. The lowest BCUT2D eigenvalue weighted by Gasteiger charge is -2.18. The molecule has 132 valence electrons. The molecule has 0 saturated heterocycles. The van der Waals surface area contributed by atoms with Crippen molar-refractivity contribution in [2.45, 2.75) is 32.9 Å². The Morgan fingerprint density at radius 2 is 1.76 bits per heavy atom. The first kappa shape index (κ1) is 17.1. The fourth-order valence-electron chi connectivity index (χ4n) is 3.09. The molecule has 0 unspecified atom stereocenters. The first-order chi connectivity index (χ1) is 11.7. The summed E-state index contributed by atoms with van der Waals surface area (Å²) in [5.74, 6) is -0.536. The van der Waals surface area contributed by atoms with Crippen molar-refractivity contribution in [3.63, 3.8) is 0 Å². The van der Waals surface area contributed by atoms with Crippen LogP contribution in [-0.2, 0) is 12.6 Å². The average molecular weight is 350 g/mol. The van der Waals surface area contributed by atoms with Gasteiger partial charge in [0.15, 0.2) is 0 Å². The minimum absolute atomic E-state index is 0.0420. The van der Waals surface area contributed by atoms with Crippen molar-refractivity contribution in [3.05, 3.63) is 47.4 Å². The predicted molar refractivity (Wildman–Crippen MR) is 87.7 cm³/mol. The van der Waals surface area contributed by atoms with E-state index in [1.807, 2.05) is 6.92 Å². The fraction of sp³-hybridized carbons (Fsp3) is 0.278. The van der Waals surface area contributed by atoms with Crippen molar-refractivity contribution >= 4 is 5.65 Å². The highest BCUT2D eigenvalue weighted by atomic mass is 19.4. The van der Waals surface area contributed by atoms with Crippen LogP contribution in [0.1, 0.15) is 30.0 Å². The third-order valence-electron chi connectivity index (χ3n) is 4.19. The summed E-state index contributed by atoms with van der Waals surface area (Å²) >= 11 is 0. The van der Waals surface area contributed by atoms with Gasteiger partial charge < -0.3 is 14.6 Å². The summed E-state index contributed by atoms with van der Waals surface area (Å²) in [6.07, 6.45) is 0.615. The summed E-state index contributed by atoms with van der Waals surface area (Å²) in [7, 11) is 0. The van der Waals surface area contributed by atoms with Gasteiger partial charge in [-0.25, -0.2) is 4.98 Å². The number of phenolic OH excluding ortho intramolecular Hbond substituents is 2.